The van der Waals surface area contributed by atoms with Gasteiger partial charge in [0, 0.05) is 6.42 Å². The van der Waals surface area contributed by atoms with Crippen molar-refractivity contribution >= 4 is 0 Å². The number of halogens is 8. The van der Waals surface area contributed by atoms with E-state index in [-0.39, 0.29) is 0 Å². The molecule has 0 aromatic rings. The van der Waals surface area contributed by atoms with Crippen LogP contribution in [0.3, 0.4) is 0 Å². The fraction of sp³-hybridized carbons (Fsp3) is 0.857. The lowest BCUT2D eigenvalue weighted by molar-refractivity contribution is -0.215. The zero-order chi connectivity index (χ0) is 12.4. The van der Waals surface area contributed by atoms with Crippen LogP contribution in [0.1, 0.15) is 6.42 Å². The fourth-order valence-electron chi connectivity index (χ4n) is 0.700. The van der Waals surface area contributed by atoms with Gasteiger partial charge in [-0.1, -0.05) is 0 Å². The maximum absolute atomic E-state index is 12.5. The smallest absolute Gasteiger partial charge is 0.240 e. The Morgan fingerprint density at radius 1 is 0.867 bits per heavy atom. The second-order valence-corrected chi connectivity index (χ2v) is 2.80. The molecule has 0 amide bonds. The molecule has 0 nitrogen and oxygen atoms in total. The molecule has 3 atom stereocenters. The third kappa shape index (κ3) is 3.49. The standard InChI is InChI=1S/C7H7F8/c1-2-6(11,12)4(9)3(8)5(10)7(13,14)15/h3-5H,1-2H2/t3?,4?,5-/m0/s1. The topological polar surface area (TPSA) is 0 Å². The quantitative estimate of drug-likeness (QED) is 0.663. The van der Waals surface area contributed by atoms with Crippen LogP contribution in [-0.4, -0.2) is 30.6 Å². The van der Waals surface area contributed by atoms with Gasteiger partial charge in [0.15, 0.2) is 12.3 Å². The molecule has 2 unspecified atom stereocenters. The van der Waals surface area contributed by atoms with E-state index in [4.69, 9.17) is 0 Å². The summed E-state index contributed by atoms with van der Waals surface area (Å²) in [5.41, 5.74) is 0. The number of hydrogen-bond acceptors (Lipinski definition) is 0. The summed E-state index contributed by atoms with van der Waals surface area (Å²) in [5, 5.41) is 0. The minimum absolute atomic E-state index is 1.46. The first kappa shape index (κ1) is 14.4. The van der Waals surface area contributed by atoms with Gasteiger partial charge in [0.2, 0.25) is 6.17 Å². The van der Waals surface area contributed by atoms with E-state index in [2.05, 4.69) is 6.92 Å². The Kier molecular flexibility index (Phi) is 4.36. The maximum Gasteiger partial charge on any atom is 0.422 e. The number of hydrogen-bond donors (Lipinski definition) is 0. The highest BCUT2D eigenvalue weighted by Gasteiger charge is 2.55. The van der Waals surface area contributed by atoms with Gasteiger partial charge < -0.3 is 0 Å². The van der Waals surface area contributed by atoms with Crippen LogP contribution >= 0.6 is 0 Å². The van der Waals surface area contributed by atoms with E-state index in [0.29, 0.717) is 0 Å². The van der Waals surface area contributed by atoms with Gasteiger partial charge >= 0.3 is 6.18 Å². The normalized spacial score (nSPS) is 19.8. The molecular weight excluding hydrogens is 236 g/mol. The van der Waals surface area contributed by atoms with Gasteiger partial charge in [0.25, 0.3) is 5.92 Å². The molecule has 0 saturated heterocycles. The molecule has 0 N–H and O–H groups in total. The SMILES string of the molecule is [CH2]CC(F)(F)C(F)C(F)[C@H](F)C(F)(F)F. The molecule has 15 heavy (non-hydrogen) atoms. The Morgan fingerprint density at radius 3 is 1.53 bits per heavy atom. The Labute approximate surface area is 80.3 Å². The van der Waals surface area contributed by atoms with Crippen LogP contribution < -0.4 is 0 Å². The summed E-state index contributed by atoms with van der Waals surface area (Å²) in [5.74, 6) is -4.42. The van der Waals surface area contributed by atoms with E-state index in [9.17, 15) is 35.1 Å². The minimum atomic E-state index is -5.71. The summed E-state index contributed by atoms with van der Waals surface area (Å²) in [7, 11) is 0. The molecule has 91 valence electrons. The molecule has 1 radical (unpaired) electrons. The third-order valence-corrected chi connectivity index (χ3v) is 1.61. The highest BCUT2D eigenvalue weighted by Crippen LogP contribution is 2.35. The first-order valence-corrected chi connectivity index (χ1v) is 3.70. The summed E-state index contributed by atoms with van der Waals surface area (Å²) in [4.78, 5) is 0. The minimum Gasteiger partial charge on any atom is -0.240 e. The molecule has 0 saturated carbocycles. The van der Waals surface area contributed by atoms with Crippen molar-refractivity contribution in [3.8, 4) is 0 Å². The molecule has 0 aromatic carbocycles. The highest BCUT2D eigenvalue weighted by atomic mass is 19.4. The van der Waals surface area contributed by atoms with E-state index < -0.39 is 37.0 Å². The molecule has 8 heteroatoms. The van der Waals surface area contributed by atoms with Crippen molar-refractivity contribution in [2.45, 2.75) is 37.0 Å². The molecule has 0 rings (SSSR count). The van der Waals surface area contributed by atoms with E-state index >= 15 is 0 Å². The zero-order valence-corrected chi connectivity index (χ0v) is 7.17. The van der Waals surface area contributed by atoms with Gasteiger partial charge in [-0.15, -0.1) is 0 Å². The second-order valence-electron chi connectivity index (χ2n) is 2.80. The van der Waals surface area contributed by atoms with Gasteiger partial charge in [0.1, 0.15) is 0 Å². The van der Waals surface area contributed by atoms with E-state index in [1.54, 1.807) is 0 Å². The van der Waals surface area contributed by atoms with Gasteiger partial charge in [-0.3, -0.25) is 0 Å². The lowest BCUT2D eigenvalue weighted by Crippen LogP contribution is -2.46. The molecule has 0 fully saturated rings. The summed E-state index contributed by atoms with van der Waals surface area (Å²) in [6.45, 7) is 2.52. The maximum atomic E-state index is 12.5. The molecule has 0 aromatic heterocycles. The van der Waals surface area contributed by atoms with Gasteiger partial charge in [0.05, 0.1) is 0 Å². The summed E-state index contributed by atoms with van der Waals surface area (Å²) >= 11 is 0. The van der Waals surface area contributed by atoms with Gasteiger partial charge in [-0.05, 0) is 6.92 Å². The molecule has 0 aliphatic heterocycles. The number of alkyl halides is 8. The Bertz CT molecular complexity index is 198. The molecule has 0 aliphatic carbocycles. The lowest BCUT2D eigenvalue weighted by Gasteiger charge is -2.24. The molecule has 0 aliphatic rings. The first-order chi connectivity index (χ1) is 6.54. The second kappa shape index (κ2) is 4.52. The van der Waals surface area contributed by atoms with Crippen LogP contribution in [0.4, 0.5) is 35.1 Å². The summed E-state index contributed by atoms with van der Waals surface area (Å²) in [6, 6.07) is 0. The largest absolute Gasteiger partial charge is 0.422 e. The van der Waals surface area contributed by atoms with Crippen molar-refractivity contribution in [3.05, 3.63) is 6.92 Å². The summed E-state index contributed by atoms with van der Waals surface area (Å²) < 4.78 is 96.2. The van der Waals surface area contributed by atoms with Crippen LogP contribution in [0.15, 0.2) is 0 Å². The van der Waals surface area contributed by atoms with E-state index in [0.717, 1.165) is 0 Å². The fourth-order valence-corrected chi connectivity index (χ4v) is 0.700. The number of rotatable bonds is 4. The molecule has 0 spiro atoms. The highest BCUT2D eigenvalue weighted by molar-refractivity contribution is 4.90. The van der Waals surface area contributed by atoms with E-state index in [1.165, 1.54) is 0 Å². The monoisotopic (exact) mass is 243 g/mol. The van der Waals surface area contributed by atoms with Crippen LogP contribution in [0.5, 0.6) is 0 Å². The molecular formula is C7H7F8. The van der Waals surface area contributed by atoms with Crippen LogP contribution in [-0.2, 0) is 0 Å². The first-order valence-electron chi connectivity index (χ1n) is 3.70. The van der Waals surface area contributed by atoms with Crippen molar-refractivity contribution in [2.75, 3.05) is 0 Å². The average Bonchev–Trinajstić information content (AvgIpc) is 2.12. The van der Waals surface area contributed by atoms with Crippen LogP contribution in [0.25, 0.3) is 0 Å². The Hall–Kier alpha value is -0.560. The third-order valence-electron chi connectivity index (χ3n) is 1.61. The molecule has 0 bridgehead atoms. The predicted molar refractivity (Wildman–Crippen MR) is 35.7 cm³/mol. The van der Waals surface area contributed by atoms with Crippen molar-refractivity contribution in [1.29, 1.82) is 0 Å². The Morgan fingerprint density at radius 2 is 1.27 bits per heavy atom. The summed E-state index contributed by atoms with van der Waals surface area (Å²) in [6.07, 6.45) is -19.3. The predicted octanol–water partition coefficient (Wildman–Crippen LogP) is 3.42. The Balaban J connectivity index is 4.65. The van der Waals surface area contributed by atoms with Gasteiger partial charge in [-0.2, -0.15) is 13.2 Å². The zero-order valence-electron chi connectivity index (χ0n) is 7.17. The van der Waals surface area contributed by atoms with Crippen molar-refractivity contribution < 1.29 is 35.1 Å². The van der Waals surface area contributed by atoms with Crippen LogP contribution in [0, 0.1) is 6.92 Å². The van der Waals surface area contributed by atoms with Gasteiger partial charge in [-0.25, -0.2) is 22.0 Å². The average molecular weight is 243 g/mol. The molecule has 0 heterocycles. The van der Waals surface area contributed by atoms with Crippen molar-refractivity contribution in [2.24, 2.45) is 0 Å². The van der Waals surface area contributed by atoms with Crippen molar-refractivity contribution in [3.63, 3.8) is 0 Å². The van der Waals surface area contributed by atoms with Crippen LogP contribution in [0.2, 0.25) is 0 Å². The van der Waals surface area contributed by atoms with E-state index in [1.807, 2.05) is 0 Å². The lowest BCUT2D eigenvalue weighted by atomic mass is 10.0. The van der Waals surface area contributed by atoms with Crippen molar-refractivity contribution in [1.82, 2.24) is 0 Å².